The quantitative estimate of drug-likeness (QED) is 0.789. The van der Waals surface area contributed by atoms with Crippen LogP contribution in [0.25, 0.3) is 10.8 Å². The van der Waals surface area contributed by atoms with E-state index in [0.717, 1.165) is 12.8 Å². The number of benzene rings is 1. The van der Waals surface area contributed by atoms with Crippen molar-refractivity contribution in [3.63, 3.8) is 0 Å². The topological polar surface area (TPSA) is 38.9 Å². The monoisotopic (exact) mass is 212 g/mol. The van der Waals surface area contributed by atoms with Crippen LogP contribution in [0.2, 0.25) is 0 Å². The van der Waals surface area contributed by atoms with E-state index in [0.29, 0.717) is 12.0 Å². The van der Waals surface area contributed by atoms with Gasteiger partial charge in [0, 0.05) is 23.8 Å². The molecule has 3 rings (SSSR count). The van der Waals surface area contributed by atoms with Gasteiger partial charge in [-0.3, -0.25) is 4.98 Å². The van der Waals surface area contributed by atoms with Gasteiger partial charge >= 0.3 is 0 Å². The van der Waals surface area contributed by atoms with Crippen LogP contribution in [-0.4, -0.2) is 11.0 Å². The Kier molecular flexibility index (Phi) is 2.37. The average molecular weight is 212 g/mol. The van der Waals surface area contributed by atoms with E-state index in [1.54, 1.807) is 0 Å². The van der Waals surface area contributed by atoms with Gasteiger partial charge in [0.1, 0.15) is 0 Å². The first-order valence-corrected chi connectivity index (χ1v) is 5.93. The van der Waals surface area contributed by atoms with Crippen LogP contribution in [0.15, 0.2) is 36.7 Å². The minimum atomic E-state index is 0.379. The molecular weight excluding hydrogens is 196 g/mol. The second kappa shape index (κ2) is 3.87. The van der Waals surface area contributed by atoms with E-state index in [-0.39, 0.29) is 0 Å². The zero-order chi connectivity index (χ0) is 11.0. The van der Waals surface area contributed by atoms with Gasteiger partial charge in [0.05, 0.1) is 0 Å². The molecule has 1 aromatic carbocycles. The van der Waals surface area contributed by atoms with Gasteiger partial charge in [0.15, 0.2) is 0 Å². The molecule has 1 aliphatic rings. The van der Waals surface area contributed by atoms with Crippen LogP contribution in [0, 0.1) is 0 Å². The molecule has 0 saturated heterocycles. The van der Waals surface area contributed by atoms with Gasteiger partial charge in [-0.15, -0.1) is 0 Å². The summed E-state index contributed by atoms with van der Waals surface area (Å²) in [4.78, 5) is 4.34. The van der Waals surface area contributed by atoms with Gasteiger partial charge in [-0.05, 0) is 36.1 Å². The highest BCUT2D eigenvalue weighted by molar-refractivity contribution is 5.85. The molecule has 0 amide bonds. The summed E-state index contributed by atoms with van der Waals surface area (Å²) in [5.74, 6) is 0.605. The van der Waals surface area contributed by atoms with E-state index in [1.165, 1.54) is 22.8 Å². The number of rotatable bonds is 1. The first kappa shape index (κ1) is 9.79. The smallest absolute Gasteiger partial charge is 0.0346 e. The van der Waals surface area contributed by atoms with E-state index >= 15 is 0 Å². The maximum atomic E-state index is 5.99. The molecule has 1 fully saturated rings. The summed E-state index contributed by atoms with van der Waals surface area (Å²) >= 11 is 0. The number of hydrogen-bond acceptors (Lipinski definition) is 2. The fourth-order valence-corrected chi connectivity index (χ4v) is 2.76. The number of nitrogens with two attached hydrogens (primary N) is 1. The van der Waals surface area contributed by atoms with Crippen molar-refractivity contribution in [2.24, 2.45) is 5.73 Å². The first-order valence-electron chi connectivity index (χ1n) is 5.93. The van der Waals surface area contributed by atoms with E-state index in [1.807, 2.05) is 12.4 Å². The Labute approximate surface area is 95.5 Å². The zero-order valence-electron chi connectivity index (χ0n) is 9.26. The molecule has 2 aromatic rings. The van der Waals surface area contributed by atoms with Crippen molar-refractivity contribution >= 4 is 10.8 Å². The summed E-state index contributed by atoms with van der Waals surface area (Å²) < 4.78 is 0. The lowest BCUT2D eigenvalue weighted by Gasteiger charge is -2.12. The molecule has 1 aliphatic carbocycles. The number of fused-ring (bicyclic) bond motifs is 1. The number of pyridine rings is 1. The molecular formula is C14H16N2. The molecule has 0 radical (unpaired) electrons. The molecule has 0 bridgehead atoms. The summed E-state index contributed by atoms with van der Waals surface area (Å²) in [7, 11) is 0. The Balaban J connectivity index is 2.09. The lowest BCUT2D eigenvalue weighted by Crippen LogP contribution is -2.14. The van der Waals surface area contributed by atoms with Crippen molar-refractivity contribution in [2.75, 3.05) is 0 Å². The second-order valence-electron chi connectivity index (χ2n) is 4.72. The largest absolute Gasteiger partial charge is 0.328 e. The summed E-state index contributed by atoms with van der Waals surface area (Å²) in [6.45, 7) is 0. The van der Waals surface area contributed by atoms with Crippen LogP contribution in [0.1, 0.15) is 30.7 Å². The summed E-state index contributed by atoms with van der Waals surface area (Å²) in [6, 6.07) is 8.86. The molecule has 82 valence electrons. The van der Waals surface area contributed by atoms with Crippen molar-refractivity contribution in [1.82, 2.24) is 4.98 Å². The molecule has 1 aromatic heterocycles. The fourth-order valence-electron chi connectivity index (χ4n) is 2.76. The van der Waals surface area contributed by atoms with E-state index in [9.17, 15) is 0 Å². The van der Waals surface area contributed by atoms with Crippen LogP contribution in [0.4, 0.5) is 0 Å². The summed E-state index contributed by atoms with van der Waals surface area (Å²) in [5.41, 5.74) is 7.37. The highest BCUT2D eigenvalue weighted by Crippen LogP contribution is 2.36. The van der Waals surface area contributed by atoms with Crippen molar-refractivity contribution < 1.29 is 0 Å². The third kappa shape index (κ3) is 1.59. The summed E-state index contributed by atoms with van der Waals surface area (Å²) in [5, 5.41) is 2.58. The molecule has 0 spiro atoms. The van der Waals surface area contributed by atoms with Crippen molar-refractivity contribution in [2.45, 2.75) is 31.2 Å². The Bertz CT molecular complexity index is 502. The van der Waals surface area contributed by atoms with Crippen LogP contribution in [0.3, 0.4) is 0 Å². The molecule has 16 heavy (non-hydrogen) atoms. The molecule has 1 heterocycles. The predicted molar refractivity (Wildman–Crippen MR) is 66.3 cm³/mol. The van der Waals surface area contributed by atoms with Gasteiger partial charge in [-0.25, -0.2) is 0 Å². The van der Waals surface area contributed by atoms with Crippen LogP contribution in [0.5, 0.6) is 0 Å². The zero-order valence-corrected chi connectivity index (χ0v) is 9.26. The third-order valence-corrected chi connectivity index (χ3v) is 3.61. The van der Waals surface area contributed by atoms with Gasteiger partial charge < -0.3 is 5.73 Å². The van der Waals surface area contributed by atoms with Crippen LogP contribution >= 0.6 is 0 Å². The minimum absolute atomic E-state index is 0.379. The lowest BCUT2D eigenvalue weighted by atomic mass is 9.94. The van der Waals surface area contributed by atoms with E-state index in [4.69, 9.17) is 5.73 Å². The Morgan fingerprint density at radius 3 is 2.81 bits per heavy atom. The molecule has 2 N–H and O–H groups in total. The van der Waals surface area contributed by atoms with Gasteiger partial charge in [-0.1, -0.05) is 24.3 Å². The number of hydrogen-bond donors (Lipinski definition) is 1. The maximum Gasteiger partial charge on any atom is 0.0346 e. The fraction of sp³-hybridized carbons (Fsp3) is 0.357. The van der Waals surface area contributed by atoms with Gasteiger partial charge in [-0.2, -0.15) is 0 Å². The highest BCUT2D eigenvalue weighted by atomic mass is 14.7. The molecule has 2 nitrogen and oxygen atoms in total. The maximum absolute atomic E-state index is 5.99. The SMILES string of the molecule is NC1CCC(c2cncc3ccccc23)C1. The molecule has 2 unspecified atom stereocenters. The second-order valence-corrected chi connectivity index (χ2v) is 4.72. The standard InChI is InChI=1S/C14H16N2/c15-12-6-5-10(7-12)14-9-16-8-11-3-1-2-4-13(11)14/h1-4,8-10,12H,5-7,15H2. The highest BCUT2D eigenvalue weighted by Gasteiger charge is 2.24. The van der Waals surface area contributed by atoms with E-state index < -0.39 is 0 Å². The Morgan fingerprint density at radius 2 is 2.00 bits per heavy atom. The van der Waals surface area contributed by atoms with Crippen LogP contribution in [-0.2, 0) is 0 Å². The number of aromatic nitrogens is 1. The Morgan fingerprint density at radius 1 is 1.12 bits per heavy atom. The minimum Gasteiger partial charge on any atom is -0.328 e. The average Bonchev–Trinajstić information content (AvgIpc) is 2.75. The molecule has 2 heteroatoms. The lowest BCUT2D eigenvalue weighted by molar-refractivity contribution is 0.676. The first-order chi connectivity index (χ1) is 7.84. The third-order valence-electron chi connectivity index (χ3n) is 3.61. The molecule has 1 saturated carbocycles. The van der Waals surface area contributed by atoms with Crippen molar-refractivity contribution in [3.05, 3.63) is 42.2 Å². The normalized spacial score (nSPS) is 25.1. The Hall–Kier alpha value is -1.41. The van der Waals surface area contributed by atoms with Crippen molar-refractivity contribution in [1.29, 1.82) is 0 Å². The molecule has 0 aliphatic heterocycles. The molecule has 2 atom stereocenters. The summed E-state index contributed by atoms with van der Waals surface area (Å²) in [6.07, 6.45) is 7.42. The predicted octanol–water partition coefficient (Wildman–Crippen LogP) is 2.83. The number of nitrogens with zero attached hydrogens (tertiary/aromatic N) is 1. The van der Waals surface area contributed by atoms with Crippen LogP contribution < -0.4 is 5.73 Å². The van der Waals surface area contributed by atoms with E-state index in [2.05, 4.69) is 29.2 Å². The van der Waals surface area contributed by atoms with Gasteiger partial charge in [0.2, 0.25) is 0 Å². The van der Waals surface area contributed by atoms with Crippen molar-refractivity contribution in [3.8, 4) is 0 Å². The van der Waals surface area contributed by atoms with Gasteiger partial charge in [0.25, 0.3) is 0 Å².